The Bertz CT molecular complexity index is 482. The normalized spacial score (nSPS) is 36.2. The third-order valence-electron chi connectivity index (χ3n) is 6.00. The Labute approximate surface area is 129 Å². The molecule has 0 amide bonds. The molecule has 116 valence electrons. The first-order chi connectivity index (χ1) is 9.97. The van der Waals surface area contributed by atoms with E-state index in [2.05, 4.69) is 56.0 Å². The average molecular weight is 286 g/mol. The lowest BCUT2D eigenvalue weighted by Crippen LogP contribution is -2.55. The number of likely N-dealkylation sites (tertiary alicyclic amines) is 1. The van der Waals surface area contributed by atoms with Crippen LogP contribution in [0.25, 0.3) is 0 Å². The van der Waals surface area contributed by atoms with Crippen LogP contribution in [0.4, 0.5) is 0 Å². The van der Waals surface area contributed by atoms with Crippen LogP contribution in [-0.2, 0) is 0 Å². The summed E-state index contributed by atoms with van der Waals surface area (Å²) in [4.78, 5) is 2.73. The third-order valence-corrected chi connectivity index (χ3v) is 6.00. The van der Waals surface area contributed by atoms with Crippen LogP contribution in [0, 0.1) is 11.3 Å². The van der Waals surface area contributed by atoms with Gasteiger partial charge in [0.15, 0.2) is 0 Å². The van der Waals surface area contributed by atoms with Crippen molar-refractivity contribution in [2.45, 2.75) is 51.5 Å². The van der Waals surface area contributed by atoms with Gasteiger partial charge in [-0.15, -0.1) is 0 Å². The minimum atomic E-state index is 0.229. The lowest BCUT2D eigenvalue weighted by molar-refractivity contribution is 0.0824. The molecule has 2 N–H and O–H groups in total. The first kappa shape index (κ1) is 15.1. The first-order valence-electron chi connectivity index (χ1n) is 8.47. The van der Waals surface area contributed by atoms with Gasteiger partial charge in [-0.1, -0.05) is 51.1 Å². The maximum absolute atomic E-state index is 6.30. The van der Waals surface area contributed by atoms with E-state index in [-0.39, 0.29) is 5.54 Å². The van der Waals surface area contributed by atoms with E-state index >= 15 is 0 Å². The van der Waals surface area contributed by atoms with Gasteiger partial charge in [-0.25, -0.2) is 0 Å². The second kappa shape index (κ2) is 5.40. The quantitative estimate of drug-likeness (QED) is 0.919. The minimum absolute atomic E-state index is 0.229. The van der Waals surface area contributed by atoms with Gasteiger partial charge in [0.25, 0.3) is 0 Å². The molecule has 1 aromatic rings. The molecular weight excluding hydrogens is 256 g/mol. The predicted octanol–water partition coefficient (Wildman–Crippen LogP) is 3.63. The van der Waals surface area contributed by atoms with Crippen LogP contribution in [0.5, 0.6) is 0 Å². The van der Waals surface area contributed by atoms with E-state index < -0.39 is 0 Å². The van der Waals surface area contributed by atoms with Crippen molar-refractivity contribution >= 4 is 0 Å². The molecule has 21 heavy (non-hydrogen) atoms. The summed E-state index contributed by atoms with van der Waals surface area (Å²) < 4.78 is 0. The van der Waals surface area contributed by atoms with Gasteiger partial charge in [0.1, 0.15) is 0 Å². The summed E-state index contributed by atoms with van der Waals surface area (Å²) in [7, 11) is 0. The highest BCUT2D eigenvalue weighted by molar-refractivity contribution is 5.22. The van der Waals surface area contributed by atoms with Crippen molar-refractivity contribution in [1.29, 1.82) is 0 Å². The zero-order valence-corrected chi connectivity index (χ0v) is 13.8. The molecule has 1 aromatic carbocycles. The van der Waals surface area contributed by atoms with Gasteiger partial charge < -0.3 is 5.73 Å². The van der Waals surface area contributed by atoms with Crippen molar-refractivity contribution in [3.63, 3.8) is 0 Å². The number of nitrogens with zero attached hydrogens (tertiary/aromatic N) is 1. The largest absolute Gasteiger partial charge is 0.329 e. The molecule has 3 atom stereocenters. The van der Waals surface area contributed by atoms with Crippen LogP contribution in [0.1, 0.15) is 51.5 Å². The number of hydrogen-bond acceptors (Lipinski definition) is 2. The molecule has 1 aliphatic heterocycles. The molecule has 2 fully saturated rings. The van der Waals surface area contributed by atoms with E-state index in [1.165, 1.54) is 37.9 Å². The van der Waals surface area contributed by atoms with Crippen LogP contribution < -0.4 is 5.73 Å². The molecule has 1 saturated carbocycles. The second-order valence-electron chi connectivity index (χ2n) is 8.10. The van der Waals surface area contributed by atoms with Crippen molar-refractivity contribution in [3.05, 3.63) is 35.9 Å². The highest BCUT2D eigenvalue weighted by Gasteiger charge is 2.52. The van der Waals surface area contributed by atoms with Crippen molar-refractivity contribution in [1.82, 2.24) is 4.90 Å². The lowest BCUT2D eigenvalue weighted by atomic mass is 9.84. The van der Waals surface area contributed by atoms with Crippen molar-refractivity contribution < 1.29 is 0 Å². The summed E-state index contributed by atoms with van der Waals surface area (Å²) >= 11 is 0. The summed E-state index contributed by atoms with van der Waals surface area (Å²) in [6, 6.07) is 11.0. The molecule has 3 rings (SSSR count). The van der Waals surface area contributed by atoms with Crippen molar-refractivity contribution in [3.8, 4) is 0 Å². The number of hydrogen-bond donors (Lipinski definition) is 1. The van der Waals surface area contributed by atoms with Crippen LogP contribution in [0.3, 0.4) is 0 Å². The average Bonchev–Trinajstić information content (AvgIpc) is 3.03. The molecule has 0 radical (unpaired) electrons. The zero-order chi connectivity index (χ0) is 15.1. The molecule has 3 unspecified atom stereocenters. The van der Waals surface area contributed by atoms with Gasteiger partial charge in [0, 0.05) is 18.6 Å². The lowest BCUT2D eigenvalue weighted by Gasteiger charge is -2.42. The Kier molecular flexibility index (Phi) is 3.87. The Hall–Kier alpha value is -0.860. The second-order valence-corrected chi connectivity index (χ2v) is 8.10. The Morgan fingerprint density at radius 2 is 1.95 bits per heavy atom. The molecule has 0 aromatic heterocycles. The molecule has 1 saturated heterocycles. The Morgan fingerprint density at radius 1 is 1.24 bits per heavy atom. The molecule has 0 spiro atoms. The van der Waals surface area contributed by atoms with Gasteiger partial charge in [-0.05, 0) is 48.6 Å². The topological polar surface area (TPSA) is 29.3 Å². The van der Waals surface area contributed by atoms with E-state index in [9.17, 15) is 0 Å². The van der Waals surface area contributed by atoms with Gasteiger partial charge in [-0.3, -0.25) is 4.90 Å². The highest BCUT2D eigenvalue weighted by atomic mass is 15.2. The summed E-state index contributed by atoms with van der Waals surface area (Å²) in [5, 5.41) is 0. The molecular formula is C19H30N2. The smallest absolute Gasteiger partial charge is 0.0362 e. The number of rotatable bonds is 3. The van der Waals surface area contributed by atoms with Crippen molar-refractivity contribution in [2.75, 3.05) is 19.6 Å². The van der Waals surface area contributed by atoms with Crippen LogP contribution in [0.15, 0.2) is 30.3 Å². The monoisotopic (exact) mass is 286 g/mol. The first-order valence-corrected chi connectivity index (χ1v) is 8.47. The van der Waals surface area contributed by atoms with Crippen LogP contribution in [-0.4, -0.2) is 30.1 Å². The summed E-state index contributed by atoms with van der Waals surface area (Å²) in [6.45, 7) is 10.4. The zero-order valence-electron chi connectivity index (χ0n) is 13.8. The van der Waals surface area contributed by atoms with Crippen LogP contribution in [0.2, 0.25) is 0 Å². The maximum Gasteiger partial charge on any atom is 0.0362 e. The van der Waals surface area contributed by atoms with E-state index in [1.807, 2.05) is 0 Å². The fourth-order valence-corrected chi connectivity index (χ4v) is 5.08. The Balaban J connectivity index is 1.78. The molecule has 0 bridgehead atoms. The summed E-state index contributed by atoms with van der Waals surface area (Å²) in [6.07, 6.45) is 3.83. The van der Waals surface area contributed by atoms with Crippen molar-refractivity contribution in [2.24, 2.45) is 17.1 Å². The van der Waals surface area contributed by atoms with Gasteiger partial charge >= 0.3 is 0 Å². The predicted molar refractivity (Wildman–Crippen MR) is 89.3 cm³/mol. The van der Waals surface area contributed by atoms with E-state index in [0.717, 1.165) is 6.54 Å². The fraction of sp³-hybridized carbons (Fsp3) is 0.684. The Morgan fingerprint density at radius 3 is 2.52 bits per heavy atom. The van der Waals surface area contributed by atoms with Gasteiger partial charge in [0.05, 0.1) is 0 Å². The molecule has 2 nitrogen and oxygen atoms in total. The van der Waals surface area contributed by atoms with Crippen LogP contribution >= 0.6 is 0 Å². The SMILES string of the molecule is CC1CC(C)(C)CC1(CN)N1CCC(c2ccccc2)C1. The minimum Gasteiger partial charge on any atom is -0.329 e. The number of nitrogens with two attached hydrogens (primary N) is 1. The number of benzene rings is 1. The molecule has 2 heteroatoms. The fourth-order valence-electron chi connectivity index (χ4n) is 5.08. The highest BCUT2D eigenvalue weighted by Crippen LogP contribution is 2.51. The standard InChI is InChI=1S/C19H30N2/c1-15-11-18(2,3)13-19(15,14-20)21-10-9-17(12-21)16-7-5-4-6-8-16/h4-8,15,17H,9-14,20H2,1-3H3. The summed E-state index contributed by atoms with van der Waals surface area (Å²) in [5.41, 5.74) is 8.46. The third kappa shape index (κ3) is 2.64. The summed E-state index contributed by atoms with van der Waals surface area (Å²) in [5.74, 6) is 1.39. The molecule has 1 heterocycles. The van der Waals surface area contributed by atoms with Gasteiger partial charge in [-0.2, -0.15) is 0 Å². The molecule has 1 aliphatic carbocycles. The van der Waals surface area contributed by atoms with E-state index in [0.29, 0.717) is 17.3 Å². The maximum atomic E-state index is 6.30. The molecule has 2 aliphatic rings. The van der Waals surface area contributed by atoms with E-state index in [1.54, 1.807) is 0 Å². The van der Waals surface area contributed by atoms with Gasteiger partial charge in [0.2, 0.25) is 0 Å². The van der Waals surface area contributed by atoms with E-state index in [4.69, 9.17) is 5.73 Å².